The minimum atomic E-state index is -0.129. The molecule has 0 bridgehead atoms. The largest absolute Gasteiger partial charge is 0.467 e. The van der Waals surface area contributed by atoms with E-state index in [1.807, 2.05) is 24.3 Å². The zero-order valence-corrected chi connectivity index (χ0v) is 15.2. The molecule has 1 N–H and O–H groups in total. The maximum absolute atomic E-state index is 12.6. The van der Waals surface area contributed by atoms with E-state index in [9.17, 15) is 4.79 Å². The molecular formula is C20H28N2O4. The van der Waals surface area contributed by atoms with Gasteiger partial charge in [-0.1, -0.05) is 19.3 Å². The van der Waals surface area contributed by atoms with E-state index >= 15 is 0 Å². The van der Waals surface area contributed by atoms with Crippen molar-refractivity contribution in [1.29, 1.82) is 0 Å². The van der Waals surface area contributed by atoms with E-state index in [0.29, 0.717) is 32.3 Å². The van der Waals surface area contributed by atoms with Crippen molar-refractivity contribution >= 4 is 6.03 Å². The van der Waals surface area contributed by atoms with Crippen LogP contribution in [0.15, 0.2) is 45.6 Å². The zero-order valence-electron chi connectivity index (χ0n) is 15.2. The van der Waals surface area contributed by atoms with Gasteiger partial charge in [0.2, 0.25) is 0 Å². The lowest BCUT2D eigenvalue weighted by Crippen LogP contribution is -2.39. The third kappa shape index (κ3) is 5.95. The third-order valence-electron chi connectivity index (χ3n) is 4.64. The maximum Gasteiger partial charge on any atom is 0.318 e. The van der Waals surface area contributed by atoms with E-state index in [-0.39, 0.29) is 6.03 Å². The summed E-state index contributed by atoms with van der Waals surface area (Å²) in [5, 5.41) is 2.97. The molecule has 26 heavy (non-hydrogen) atoms. The first kappa shape index (κ1) is 18.6. The van der Waals surface area contributed by atoms with Crippen LogP contribution in [0.5, 0.6) is 0 Å². The van der Waals surface area contributed by atoms with Gasteiger partial charge >= 0.3 is 6.03 Å². The number of urea groups is 1. The molecule has 1 aliphatic rings. The summed E-state index contributed by atoms with van der Waals surface area (Å²) in [7, 11) is 0. The maximum atomic E-state index is 12.6. The molecule has 0 aromatic carbocycles. The van der Waals surface area contributed by atoms with Crippen molar-refractivity contribution < 1.29 is 18.4 Å². The molecule has 0 atom stereocenters. The summed E-state index contributed by atoms with van der Waals surface area (Å²) in [6, 6.07) is 7.23. The highest BCUT2D eigenvalue weighted by Crippen LogP contribution is 2.20. The van der Waals surface area contributed by atoms with Crippen LogP contribution in [0.1, 0.15) is 50.0 Å². The van der Waals surface area contributed by atoms with Crippen LogP contribution in [-0.2, 0) is 17.8 Å². The molecule has 0 radical (unpaired) electrons. The first-order chi connectivity index (χ1) is 12.8. The molecule has 142 valence electrons. The van der Waals surface area contributed by atoms with Crippen molar-refractivity contribution in [2.75, 3.05) is 13.2 Å². The van der Waals surface area contributed by atoms with Gasteiger partial charge in [0.15, 0.2) is 0 Å². The molecule has 2 aromatic heterocycles. The molecule has 0 aliphatic heterocycles. The Bertz CT molecular complexity index is 582. The molecule has 0 unspecified atom stereocenters. The number of amides is 2. The predicted molar refractivity (Wildman–Crippen MR) is 97.5 cm³/mol. The minimum Gasteiger partial charge on any atom is -0.467 e. The molecule has 0 saturated heterocycles. The van der Waals surface area contributed by atoms with Gasteiger partial charge in [-0.05, 0) is 43.5 Å². The summed E-state index contributed by atoms with van der Waals surface area (Å²) in [6.07, 6.45) is 10.7. The second-order valence-electron chi connectivity index (χ2n) is 6.73. The highest BCUT2D eigenvalue weighted by molar-refractivity contribution is 5.74. The Kier molecular flexibility index (Phi) is 7.19. The Hall–Kier alpha value is -2.21. The van der Waals surface area contributed by atoms with Crippen LogP contribution in [-0.4, -0.2) is 30.2 Å². The molecule has 1 fully saturated rings. The number of rotatable bonds is 9. The summed E-state index contributed by atoms with van der Waals surface area (Å²) in [6.45, 7) is 2.09. The number of carbonyl (C=O) groups excluding carboxylic acids is 1. The molecule has 6 heteroatoms. The molecule has 2 amide bonds. The van der Waals surface area contributed by atoms with Crippen LogP contribution in [0, 0.1) is 0 Å². The summed E-state index contributed by atoms with van der Waals surface area (Å²) >= 11 is 0. The van der Waals surface area contributed by atoms with Crippen LogP contribution in [0.4, 0.5) is 4.79 Å². The van der Waals surface area contributed by atoms with Crippen molar-refractivity contribution in [1.82, 2.24) is 10.2 Å². The van der Waals surface area contributed by atoms with Gasteiger partial charge < -0.3 is 23.8 Å². The van der Waals surface area contributed by atoms with E-state index in [1.165, 1.54) is 32.1 Å². The van der Waals surface area contributed by atoms with E-state index in [4.69, 9.17) is 13.6 Å². The van der Waals surface area contributed by atoms with Gasteiger partial charge in [0.1, 0.15) is 11.5 Å². The number of carbonyl (C=O) groups is 1. The van der Waals surface area contributed by atoms with Gasteiger partial charge in [-0.2, -0.15) is 0 Å². The number of ether oxygens (including phenoxy) is 1. The van der Waals surface area contributed by atoms with E-state index in [0.717, 1.165) is 17.9 Å². The van der Waals surface area contributed by atoms with E-state index in [2.05, 4.69) is 5.32 Å². The highest BCUT2D eigenvalue weighted by Gasteiger charge is 2.17. The van der Waals surface area contributed by atoms with E-state index in [1.54, 1.807) is 17.4 Å². The number of hydrogen-bond donors (Lipinski definition) is 1. The Balaban J connectivity index is 1.41. The number of hydrogen-bond acceptors (Lipinski definition) is 4. The van der Waals surface area contributed by atoms with Gasteiger partial charge in [-0.25, -0.2) is 4.79 Å². The standard InChI is InChI=1S/C20H28N2O4/c23-20(21-11-6-14-24-17-7-2-1-3-8-17)22(15-18-9-4-12-25-18)16-19-10-5-13-26-19/h4-5,9-10,12-13,17H,1-3,6-8,11,14-16H2,(H,21,23). The Morgan fingerprint density at radius 1 is 1.08 bits per heavy atom. The summed E-state index contributed by atoms with van der Waals surface area (Å²) in [4.78, 5) is 14.2. The number of nitrogens with one attached hydrogen (secondary N) is 1. The molecule has 1 aliphatic carbocycles. The Morgan fingerprint density at radius 3 is 2.31 bits per heavy atom. The first-order valence-electron chi connectivity index (χ1n) is 9.50. The van der Waals surface area contributed by atoms with Crippen molar-refractivity contribution in [3.05, 3.63) is 48.3 Å². The van der Waals surface area contributed by atoms with Gasteiger partial charge in [0.05, 0.1) is 31.7 Å². The molecule has 1 saturated carbocycles. The van der Waals surface area contributed by atoms with Gasteiger partial charge in [-0.3, -0.25) is 0 Å². The van der Waals surface area contributed by atoms with Crippen molar-refractivity contribution in [2.45, 2.75) is 57.7 Å². The van der Waals surface area contributed by atoms with Gasteiger partial charge in [0, 0.05) is 13.2 Å². The smallest absolute Gasteiger partial charge is 0.318 e. The van der Waals surface area contributed by atoms with Crippen LogP contribution in [0.25, 0.3) is 0 Å². The number of furan rings is 2. The fourth-order valence-corrected chi connectivity index (χ4v) is 3.24. The lowest BCUT2D eigenvalue weighted by molar-refractivity contribution is 0.0274. The zero-order chi connectivity index (χ0) is 18.0. The molecule has 6 nitrogen and oxygen atoms in total. The molecule has 3 rings (SSSR count). The lowest BCUT2D eigenvalue weighted by Gasteiger charge is -2.23. The molecule has 2 aromatic rings. The van der Waals surface area contributed by atoms with E-state index < -0.39 is 0 Å². The summed E-state index contributed by atoms with van der Waals surface area (Å²) in [5.74, 6) is 1.49. The second-order valence-corrected chi connectivity index (χ2v) is 6.73. The fraction of sp³-hybridized carbons (Fsp3) is 0.550. The average Bonchev–Trinajstić information content (AvgIpc) is 3.36. The van der Waals surface area contributed by atoms with Crippen LogP contribution in [0.3, 0.4) is 0 Å². The number of nitrogens with zero attached hydrogens (tertiary/aromatic N) is 1. The first-order valence-corrected chi connectivity index (χ1v) is 9.50. The molecule has 2 heterocycles. The fourth-order valence-electron chi connectivity index (χ4n) is 3.24. The summed E-state index contributed by atoms with van der Waals surface area (Å²) < 4.78 is 16.6. The normalized spacial score (nSPS) is 15.1. The van der Waals surface area contributed by atoms with Gasteiger partial charge in [-0.15, -0.1) is 0 Å². The van der Waals surface area contributed by atoms with Crippen molar-refractivity contribution in [3.63, 3.8) is 0 Å². The molecular weight excluding hydrogens is 332 g/mol. The van der Waals surface area contributed by atoms with Crippen molar-refractivity contribution in [2.24, 2.45) is 0 Å². The monoisotopic (exact) mass is 360 g/mol. The minimum absolute atomic E-state index is 0.129. The Morgan fingerprint density at radius 2 is 1.73 bits per heavy atom. The SMILES string of the molecule is O=C(NCCCOC1CCCCC1)N(Cc1ccco1)Cc1ccco1. The average molecular weight is 360 g/mol. The third-order valence-corrected chi connectivity index (χ3v) is 4.64. The van der Waals surface area contributed by atoms with Crippen LogP contribution in [0.2, 0.25) is 0 Å². The topological polar surface area (TPSA) is 67.8 Å². The predicted octanol–water partition coefficient (Wildman–Crippen LogP) is 4.32. The molecule has 0 spiro atoms. The Labute approximate surface area is 154 Å². The van der Waals surface area contributed by atoms with Gasteiger partial charge in [0.25, 0.3) is 0 Å². The van der Waals surface area contributed by atoms with Crippen LogP contribution < -0.4 is 5.32 Å². The lowest BCUT2D eigenvalue weighted by atomic mass is 9.98. The van der Waals surface area contributed by atoms with Crippen LogP contribution >= 0.6 is 0 Å². The summed E-state index contributed by atoms with van der Waals surface area (Å²) in [5.41, 5.74) is 0. The second kappa shape index (κ2) is 10.1. The quantitative estimate of drug-likeness (QED) is 0.676. The highest BCUT2D eigenvalue weighted by atomic mass is 16.5. The van der Waals surface area contributed by atoms with Crippen molar-refractivity contribution in [3.8, 4) is 0 Å².